The second-order valence-corrected chi connectivity index (χ2v) is 4.59. The number of nitrogens with two attached hydrogens (primary N) is 1. The molecule has 0 radical (unpaired) electrons. The zero-order valence-electron chi connectivity index (χ0n) is 11.3. The van der Waals surface area contributed by atoms with Crippen molar-refractivity contribution in [2.75, 3.05) is 4.90 Å². The third-order valence-electron chi connectivity index (χ3n) is 3.14. The van der Waals surface area contributed by atoms with E-state index >= 15 is 0 Å². The number of para-hydroxylation sites is 1. The van der Waals surface area contributed by atoms with E-state index in [1.807, 2.05) is 30.3 Å². The van der Waals surface area contributed by atoms with Gasteiger partial charge < -0.3 is 10.8 Å². The Balaban J connectivity index is 2.34. The van der Waals surface area contributed by atoms with E-state index in [4.69, 9.17) is 5.73 Å². The number of carbonyl (C=O) groups excluding carboxylic acids is 1. The molecule has 0 bridgehead atoms. The van der Waals surface area contributed by atoms with Gasteiger partial charge in [-0.05, 0) is 17.7 Å². The summed E-state index contributed by atoms with van der Waals surface area (Å²) in [6.07, 6.45) is 0.188. The number of anilines is 1. The van der Waals surface area contributed by atoms with E-state index in [2.05, 4.69) is 0 Å². The fourth-order valence-electron chi connectivity index (χ4n) is 2.18. The van der Waals surface area contributed by atoms with Crippen molar-refractivity contribution in [1.82, 2.24) is 0 Å². The molecule has 5 heteroatoms. The average molecular weight is 284 g/mol. The zero-order valence-corrected chi connectivity index (χ0v) is 11.3. The van der Waals surface area contributed by atoms with Crippen molar-refractivity contribution in [1.29, 1.82) is 0 Å². The van der Waals surface area contributed by atoms with Crippen LogP contribution in [0.1, 0.15) is 5.56 Å². The molecule has 2 aromatic rings. The molecule has 0 fully saturated rings. The Morgan fingerprint density at radius 2 is 1.52 bits per heavy atom. The van der Waals surface area contributed by atoms with E-state index < -0.39 is 18.0 Å². The summed E-state index contributed by atoms with van der Waals surface area (Å²) < 4.78 is 0. The highest BCUT2D eigenvalue weighted by atomic mass is 16.4. The number of urea groups is 1. The smallest absolute Gasteiger partial charge is 0.327 e. The van der Waals surface area contributed by atoms with Crippen molar-refractivity contribution in [3.05, 3.63) is 66.2 Å². The van der Waals surface area contributed by atoms with Gasteiger partial charge in [0, 0.05) is 12.1 Å². The first kappa shape index (κ1) is 14.6. The maximum atomic E-state index is 11.7. The van der Waals surface area contributed by atoms with Crippen molar-refractivity contribution in [3.63, 3.8) is 0 Å². The van der Waals surface area contributed by atoms with Crippen LogP contribution in [0.4, 0.5) is 10.5 Å². The highest BCUT2D eigenvalue weighted by Gasteiger charge is 2.29. The maximum absolute atomic E-state index is 11.7. The van der Waals surface area contributed by atoms with Crippen LogP contribution in [-0.2, 0) is 11.2 Å². The first-order chi connectivity index (χ1) is 10.1. The lowest BCUT2D eigenvalue weighted by Crippen LogP contribution is -2.49. The van der Waals surface area contributed by atoms with Gasteiger partial charge in [0.15, 0.2) is 0 Å². The van der Waals surface area contributed by atoms with Gasteiger partial charge in [-0.2, -0.15) is 0 Å². The van der Waals surface area contributed by atoms with Crippen LogP contribution in [0.25, 0.3) is 0 Å². The SMILES string of the molecule is NC(=O)N(c1ccccc1)[C@@H](Cc1ccccc1)C(=O)O. The van der Waals surface area contributed by atoms with Gasteiger partial charge in [0.2, 0.25) is 0 Å². The predicted molar refractivity (Wildman–Crippen MR) is 80.1 cm³/mol. The summed E-state index contributed by atoms with van der Waals surface area (Å²) in [7, 11) is 0. The number of rotatable bonds is 5. The fraction of sp³-hybridized carbons (Fsp3) is 0.125. The minimum atomic E-state index is -1.10. The van der Waals surface area contributed by atoms with E-state index in [9.17, 15) is 14.7 Å². The largest absolute Gasteiger partial charge is 0.480 e. The summed E-state index contributed by atoms with van der Waals surface area (Å²) in [4.78, 5) is 24.4. The third-order valence-corrected chi connectivity index (χ3v) is 3.14. The number of hydrogen-bond acceptors (Lipinski definition) is 2. The Morgan fingerprint density at radius 1 is 1.00 bits per heavy atom. The standard InChI is InChI=1S/C16H16N2O3/c17-16(21)18(13-9-5-2-6-10-13)14(15(19)20)11-12-7-3-1-4-8-12/h1-10,14H,11H2,(H2,17,21)(H,19,20)/t14-/m0/s1. The molecular weight excluding hydrogens is 268 g/mol. The lowest BCUT2D eigenvalue weighted by molar-refractivity contribution is -0.138. The molecular formula is C16H16N2O3. The summed E-state index contributed by atoms with van der Waals surface area (Å²) in [5.74, 6) is -1.10. The molecule has 0 unspecified atom stereocenters. The van der Waals surface area contributed by atoms with Gasteiger partial charge in [0.05, 0.1) is 0 Å². The Hall–Kier alpha value is -2.82. The molecule has 3 N–H and O–H groups in total. The lowest BCUT2D eigenvalue weighted by Gasteiger charge is -2.27. The molecule has 5 nitrogen and oxygen atoms in total. The molecule has 0 heterocycles. The van der Waals surface area contributed by atoms with E-state index in [1.54, 1.807) is 30.3 Å². The van der Waals surface area contributed by atoms with Gasteiger partial charge in [-0.1, -0.05) is 48.5 Å². The number of primary amides is 1. The molecule has 1 atom stereocenters. The number of benzene rings is 2. The van der Waals surface area contributed by atoms with Gasteiger partial charge in [-0.25, -0.2) is 9.59 Å². The van der Waals surface area contributed by atoms with E-state index in [0.29, 0.717) is 5.69 Å². The fourth-order valence-corrected chi connectivity index (χ4v) is 2.18. The Kier molecular flexibility index (Phi) is 4.56. The second kappa shape index (κ2) is 6.56. The molecule has 0 aliphatic rings. The molecule has 0 aliphatic carbocycles. The van der Waals surface area contributed by atoms with E-state index in [-0.39, 0.29) is 6.42 Å². The van der Waals surface area contributed by atoms with Crippen LogP contribution < -0.4 is 10.6 Å². The highest BCUT2D eigenvalue weighted by Crippen LogP contribution is 2.19. The number of carbonyl (C=O) groups is 2. The molecule has 0 saturated carbocycles. The first-order valence-corrected chi connectivity index (χ1v) is 6.50. The Morgan fingerprint density at radius 3 is 2.00 bits per heavy atom. The normalized spacial score (nSPS) is 11.6. The topological polar surface area (TPSA) is 83.6 Å². The van der Waals surface area contributed by atoms with Crippen molar-refractivity contribution < 1.29 is 14.7 Å². The molecule has 21 heavy (non-hydrogen) atoms. The molecule has 2 aromatic carbocycles. The molecule has 108 valence electrons. The summed E-state index contributed by atoms with van der Waals surface area (Å²) in [5, 5.41) is 9.47. The Labute approximate surface area is 122 Å². The molecule has 2 amide bonds. The molecule has 0 aliphatic heterocycles. The summed E-state index contributed by atoms with van der Waals surface area (Å²) >= 11 is 0. The van der Waals surface area contributed by atoms with Crippen molar-refractivity contribution in [2.45, 2.75) is 12.5 Å². The van der Waals surface area contributed by atoms with Crippen LogP contribution in [0.2, 0.25) is 0 Å². The highest BCUT2D eigenvalue weighted by molar-refractivity contribution is 5.97. The van der Waals surface area contributed by atoms with Crippen molar-refractivity contribution in [3.8, 4) is 0 Å². The molecule has 0 saturated heterocycles. The summed E-state index contributed by atoms with van der Waals surface area (Å²) in [5.41, 5.74) is 6.68. The number of aliphatic carboxylic acids is 1. The predicted octanol–water partition coefficient (Wildman–Crippen LogP) is 2.27. The van der Waals surface area contributed by atoms with Crippen LogP contribution in [0.3, 0.4) is 0 Å². The van der Waals surface area contributed by atoms with Gasteiger partial charge in [0.25, 0.3) is 0 Å². The number of nitrogens with zero attached hydrogens (tertiary/aromatic N) is 1. The van der Waals surface area contributed by atoms with Crippen molar-refractivity contribution >= 4 is 17.7 Å². The summed E-state index contributed by atoms with van der Waals surface area (Å²) in [6.45, 7) is 0. The van der Waals surface area contributed by atoms with E-state index in [1.165, 1.54) is 0 Å². The van der Waals surface area contributed by atoms with Crippen LogP contribution >= 0.6 is 0 Å². The molecule has 2 rings (SSSR count). The lowest BCUT2D eigenvalue weighted by atomic mass is 10.0. The second-order valence-electron chi connectivity index (χ2n) is 4.59. The van der Waals surface area contributed by atoms with Crippen LogP contribution in [0.5, 0.6) is 0 Å². The van der Waals surface area contributed by atoms with Crippen molar-refractivity contribution in [2.24, 2.45) is 5.73 Å². The number of carboxylic acid groups (broad SMARTS) is 1. The van der Waals surface area contributed by atoms with E-state index in [0.717, 1.165) is 10.5 Å². The first-order valence-electron chi connectivity index (χ1n) is 6.50. The monoisotopic (exact) mass is 284 g/mol. The maximum Gasteiger partial charge on any atom is 0.327 e. The number of carboxylic acids is 1. The Bertz CT molecular complexity index is 614. The zero-order chi connectivity index (χ0) is 15.2. The minimum absolute atomic E-state index is 0.188. The van der Waals surface area contributed by atoms with Crippen LogP contribution in [-0.4, -0.2) is 23.1 Å². The van der Waals surface area contributed by atoms with Crippen LogP contribution in [0, 0.1) is 0 Å². The minimum Gasteiger partial charge on any atom is -0.480 e. The molecule has 0 aromatic heterocycles. The third kappa shape index (κ3) is 3.60. The van der Waals surface area contributed by atoms with Gasteiger partial charge in [-0.3, -0.25) is 4.90 Å². The summed E-state index contributed by atoms with van der Waals surface area (Å²) in [6, 6.07) is 15.9. The van der Waals surface area contributed by atoms with Gasteiger partial charge >= 0.3 is 12.0 Å². The van der Waals surface area contributed by atoms with Crippen LogP contribution in [0.15, 0.2) is 60.7 Å². The number of hydrogen-bond donors (Lipinski definition) is 2. The quantitative estimate of drug-likeness (QED) is 0.883. The van der Waals surface area contributed by atoms with Gasteiger partial charge in [0.1, 0.15) is 6.04 Å². The average Bonchev–Trinajstić information content (AvgIpc) is 2.48. The number of amides is 2. The van der Waals surface area contributed by atoms with Gasteiger partial charge in [-0.15, -0.1) is 0 Å². The molecule has 0 spiro atoms.